The van der Waals surface area contributed by atoms with Crippen LogP contribution >= 0.6 is 0 Å². The van der Waals surface area contributed by atoms with Gasteiger partial charge in [-0.3, -0.25) is 4.99 Å². The lowest BCUT2D eigenvalue weighted by Gasteiger charge is -2.28. The van der Waals surface area contributed by atoms with Gasteiger partial charge in [0.25, 0.3) is 0 Å². The van der Waals surface area contributed by atoms with Gasteiger partial charge in [-0.25, -0.2) is 4.39 Å². The molecule has 30 heavy (non-hydrogen) atoms. The van der Waals surface area contributed by atoms with Crippen molar-refractivity contribution in [3.63, 3.8) is 0 Å². The van der Waals surface area contributed by atoms with Crippen molar-refractivity contribution >= 4 is 5.71 Å². The fraction of sp³-hybridized carbons (Fsp3) is 0.350. The van der Waals surface area contributed by atoms with Gasteiger partial charge in [0.1, 0.15) is 5.82 Å². The van der Waals surface area contributed by atoms with Crippen molar-refractivity contribution in [2.24, 2.45) is 4.99 Å². The maximum Gasteiger partial charge on any atom is 0.416 e. The number of benzene rings is 2. The number of aliphatic imine (C=N–C) groups is 1. The molecule has 0 fully saturated rings. The third kappa shape index (κ3) is 5.17. The standard InChI is InChI=1S/C20H16F7NO2/c1-11(13-8-14(19(22,23)24)10-15(9-13)20(25,26)27)30-18-17(28-6-7-29-18)12-2-4-16(21)5-3-12/h2-5,8-11,18H,6-7H2,1H3/t11-,18-/m0/s1. The van der Waals surface area contributed by atoms with Crippen LogP contribution in [0.5, 0.6) is 0 Å². The zero-order chi connectivity index (χ0) is 22.1. The lowest BCUT2D eigenvalue weighted by Crippen LogP contribution is -2.34. The number of hydrogen-bond acceptors (Lipinski definition) is 3. The Balaban J connectivity index is 1.90. The lowest BCUT2D eigenvalue weighted by atomic mass is 10.0. The Kier molecular flexibility index (Phi) is 6.19. The van der Waals surface area contributed by atoms with Crippen molar-refractivity contribution in [3.05, 3.63) is 70.5 Å². The van der Waals surface area contributed by atoms with E-state index in [0.717, 1.165) is 0 Å². The number of nitrogens with zero attached hydrogens (tertiary/aromatic N) is 1. The monoisotopic (exact) mass is 435 g/mol. The summed E-state index contributed by atoms with van der Waals surface area (Å²) in [5, 5.41) is 0. The van der Waals surface area contributed by atoms with Gasteiger partial charge in [-0.05, 0) is 42.8 Å². The molecule has 0 unspecified atom stereocenters. The lowest BCUT2D eigenvalue weighted by molar-refractivity contribution is -0.144. The SMILES string of the molecule is C[C@H](O[C@@H]1OCCN=C1c1ccc(F)cc1)c1cc(C(F)(F)F)cc(C(F)(F)F)c1. The van der Waals surface area contributed by atoms with E-state index in [1.54, 1.807) is 0 Å². The normalized spacial score (nSPS) is 18.8. The average Bonchev–Trinajstić information content (AvgIpc) is 2.67. The Morgan fingerprint density at radius 2 is 1.53 bits per heavy atom. The number of hydrogen-bond donors (Lipinski definition) is 0. The van der Waals surface area contributed by atoms with E-state index in [1.807, 2.05) is 0 Å². The van der Waals surface area contributed by atoms with Gasteiger partial charge in [0.2, 0.25) is 6.29 Å². The van der Waals surface area contributed by atoms with E-state index in [2.05, 4.69) is 4.99 Å². The summed E-state index contributed by atoms with van der Waals surface area (Å²) in [7, 11) is 0. The molecule has 1 aliphatic rings. The molecule has 0 radical (unpaired) electrons. The van der Waals surface area contributed by atoms with Crippen LogP contribution in [0.4, 0.5) is 30.7 Å². The van der Waals surface area contributed by atoms with Crippen molar-refractivity contribution < 1.29 is 40.2 Å². The van der Waals surface area contributed by atoms with Gasteiger partial charge < -0.3 is 9.47 Å². The van der Waals surface area contributed by atoms with Crippen molar-refractivity contribution in [1.29, 1.82) is 0 Å². The highest BCUT2D eigenvalue weighted by molar-refractivity contribution is 6.03. The largest absolute Gasteiger partial charge is 0.416 e. The zero-order valence-electron chi connectivity index (χ0n) is 15.5. The summed E-state index contributed by atoms with van der Waals surface area (Å²) in [4.78, 5) is 4.26. The van der Waals surface area contributed by atoms with E-state index >= 15 is 0 Å². The topological polar surface area (TPSA) is 30.8 Å². The summed E-state index contributed by atoms with van der Waals surface area (Å²) in [6, 6.07) is 6.50. The number of halogens is 7. The molecule has 0 saturated carbocycles. The fourth-order valence-electron chi connectivity index (χ4n) is 2.91. The zero-order valence-corrected chi connectivity index (χ0v) is 15.5. The first-order valence-electron chi connectivity index (χ1n) is 8.82. The van der Waals surface area contributed by atoms with E-state index < -0.39 is 41.7 Å². The Hall–Kier alpha value is -2.46. The fourth-order valence-corrected chi connectivity index (χ4v) is 2.91. The number of alkyl halides is 6. The van der Waals surface area contributed by atoms with Crippen molar-refractivity contribution in [3.8, 4) is 0 Å². The smallest absolute Gasteiger partial charge is 0.345 e. The van der Waals surface area contributed by atoms with Gasteiger partial charge in [0.15, 0.2) is 0 Å². The van der Waals surface area contributed by atoms with Crippen molar-refractivity contribution in [2.45, 2.75) is 31.7 Å². The van der Waals surface area contributed by atoms with Gasteiger partial charge in [-0.15, -0.1) is 0 Å². The molecule has 3 nitrogen and oxygen atoms in total. The molecule has 0 aliphatic carbocycles. The van der Waals surface area contributed by atoms with Gasteiger partial charge in [-0.2, -0.15) is 26.3 Å². The van der Waals surface area contributed by atoms with Crippen LogP contribution in [0.25, 0.3) is 0 Å². The molecule has 3 rings (SSSR count). The maximum absolute atomic E-state index is 13.2. The molecule has 1 heterocycles. The van der Waals surface area contributed by atoms with Crippen LogP contribution < -0.4 is 0 Å². The Bertz CT molecular complexity index is 888. The van der Waals surface area contributed by atoms with Crippen molar-refractivity contribution in [2.75, 3.05) is 13.2 Å². The summed E-state index contributed by atoms with van der Waals surface area (Å²) >= 11 is 0. The first-order chi connectivity index (χ1) is 13.9. The molecular weight excluding hydrogens is 419 g/mol. The second-order valence-electron chi connectivity index (χ2n) is 6.59. The Labute approximate surface area is 167 Å². The first kappa shape index (κ1) is 22.2. The van der Waals surface area contributed by atoms with E-state index in [1.165, 1.54) is 31.2 Å². The van der Waals surface area contributed by atoms with Crippen molar-refractivity contribution in [1.82, 2.24) is 0 Å². The highest BCUT2D eigenvalue weighted by Gasteiger charge is 2.37. The van der Waals surface area contributed by atoms with E-state index in [9.17, 15) is 30.7 Å². The molecule has 2 aromatic rings. The van der Waals surface area contributed by atoms with Gasteiger partial charge in [0.05, 0.1) is 36.1 Å². The van der Waals surface area contributed by atoms with E-state index in [-0.39, 0.29) is 30.5 Å². The van der Waals surface area contributed by atoms with Crippen LogP contribution in [0, 0.1) is 5.82 Å². The third-order valence-corrected chi connectivity index (χ3v) is 4.41. The summed E-state index contributed by atoms with van der Waals surface area (Å²) in [6.07, 6.45) is -12.2. The first-order valence-corrected chi connectivity index (χ1v) is 8.82. The number of ether oxygens (including phenoxy) is 2. The predicted molar refractivity (Wildman–Crippen MR) is 93.5 cm³/mol. The molecule has 0 N–H and O–H groups in total. The van der Waals surface area contributed by atoms with Crippen LogP contribution in [-0.2, 0) is 21.8 Å². The predicted octanol–water partition coefficient (Wildman–Crippen LogP) is 5.79. The summed E-state index contributed by atoms with van der Waals surface area (Å²) in [6.45, 7) is 1.75. The molecule has 10 heteroatoms. The molecule has 0 bridgehead atoms. The van der Waals surface area contributed by atoms with Crippen LogP contribution in [-0.4, -0.2) is 25.2 Å². The number of rotatable bonds is 4. The highest BCUT2D eigenvalue weighted by Crippen LogP contribution is 2.38. The maximum atomic E-state index is 13.2. The van der Waals surface area contributed by atoms with Crippen LogP contribution in [0.2, 0.25) is 0 Å². The molecule has 0 spiro atoms. The molecular formula is C20H16F7NO2. The molecule has 2 aromatic carbocycles. The van der Waals surface area contributed by atoms with Gasteiger partial charge in [0, 0.05) is 5.56 Å². The summed E-state index contributed by atoms with van der Waals surface area (Å²) in [5.41, 5.74) is -2.44. The van der Waals surface area contributed by atoms with Crippen LogP contribution in [0.1, 0.15) is 35.3 Å². The second kappa shape index (κ2) is 8.35. The molecule has 1 aliphatic heterocycles. The quantitative estimate of drug-likeness (QED) is 0.570. The summed E-state index contributed by atoms with van der Waals surface area (Å²) < 4.78 is 103. The third-order valence-electron chi connectivity index (χ3n) is 4.41. The molecule has 0 aromatic heterocycles. The van der Waals surface area contributed by atoms with Gasteiger partial charge in [-0.1, -0.05) is 12.1 Å². The molecule has 2 atom stereocenters. The average molecular weight is 435 g/mol. The highest BCUT2D eigenvalue weighted by atomic mass is 19.4. The second-order valence-corrected chi connectivity index (χ2v) is 6.59. The van der Waals surface area contributed by atoms with Crippen LogP contribution in [0.15, 0.2) is 47.5 Å². The minimum atomic E-state index is -4.96. The van der Waals surface area contributed by atoms with Crippen LogP contribution in [0.3, 0.4) is 0 Å². The molecule has 0 amide bonds. The van der Waals surface area contributed by atoms with E-state index in [4.69, 9.17) is 9.47 Å². The minimum absolute atomic E-state index is 0.0543. The Morgan fingerprint density at radius 3 is 2.07 bits per heavy atom. The summed E-state index contributed by atoms with van der Waals surface area (Å²) in [5.74, 6) is -0.481. The molecule has 0 saturated heterocycles. The van der Waals surface area contributed by atoms with E-state index in [0.29, 0.717) is 17.7 Å². The minimum Gasteiger partial charge on any atom is -0.345 e. The molecule has 162 valence electrons. The Morgan fingerprint density at radius 1 is 0.967 bits per heavy atom. The van der Waals surface area contributed by atoms with Gasteiger partial charge >= 0.3 is 12.4 Å².